The van der Waals surface area contributed by atoms with Crippen molar-refractivity contribution in [2.24, 2.45) is 0 Å². The van der Waals surface area contributed by atoms with Crippen molar-refractivity contribution in [2.45, 2.75) is 6.42 Å². The summed E-state index contributed by atoms with van der Waals surface area (Å²) < 4.78 is 13.1. The summed E-state index contributed by atoms with van der Waals surface area (Å²) in [6.45, 7) is 0. The lowest BCUT2D eigenvalue weighted by molar-refractivity contribution is -0.124. The largest absolute Gasteiger partial charge is 0.342 e. The second kappa shape index (κ2) is 8.08. The number of amides is 1. The van der Waals surface area contributed by atoms with E-state index < -0.39 is 5.91 Å². The summed E-state index contributed by atoms with van der Waals surface area (Å²) in [5.41, 5.74) is 7.21. The van der Waals surface area contributed by atoms with Gasteiger partial charge < -0.3 is 4.98 Å². The van der Waals surface area contributed by atoms with Gasteiger partial charge in [0.1, 0.15) is 11.6 Å². The topological polar surface area (TPSA) is 78.0 Å². The number of imidazole rings is 1. The first-order valence-electron chi connectivity index (χ1n) is 9.06. The van der Waals surface area contributed by atoms with Crippen molar-refractivity contribution >= 4 is 23.0 Å². The molecule has 1 heterocycles. The average molecular weight is 387 g/mol. The number of nitrogens with one attached hydrogen (secondary N) is 2. The highest BCUT2D eigenvalue weighted by Crippen LogP contribution is 2.24. The third-order valence-corrected chi connectivity index (χ3v) is 4.60. The van der Waals surface area contributed by atoms with Gasteiger partial charge in [0, 0.05) is 12.5 Å². The number of H-pyrrole nitrogens is 1. The summed E-state index contributed by atoms with van der Waals surface area (Å²) >= 11 is 0. The van der Waals surface area contributed by atoms with Crippen LogP contribution in [0, 0.1) is 5.82 Å². The fourth-order valence-electron chi connectivity index (χ4n) is 3.11. The molecule has 6 heteroatoms. The van der Waals surface area contributed by atoms with E-state index in [0.29, 0.717) is 6.42 Å². The lowest BCUT2D eigenvalue weighted by Crippen LogP contribution is -2.14. The number of halogens is 1. The molecule has 0 radical (unpaired) electrons. The van der Waals surface area contributed by atoms with E-state index in [1.54, 1.807) is 23.7 Å². The molecule has 29 heavy (non-hydrogen) atoms. The molecule has 5 nitrogen and oxygen atoms in total. The van der Waals surface area contributed by atoms with Gasteiger partial charge in [-0.25, -0.2) is 14.9 Å². The molecule has 0 spiro atoms. The van der Waals surface area contributed by atoms with Gasteiger partial charge in [0.05, 0.1) is 11.0 Å². The molecule has 1 amide bonds. The van der Waals surface area contributed by atoms with Crippen LogP contribution < -0.4 is 5.48 Å². The Morgan fingerprint density at radius 3 is 2.48 bits per heavy atom. The van der Waals surface area contributed by atoms with E-state index in [1.807, 2.05) is 42.5 Å². The van der Waals surface area contributed by atoms with E-state index in [-0.39, 0.29) is 5.82 Å². The fourth-order valence-corrected chi connectivity index (χ4v) is 3.11. The molecule has 0 aliphatic carbocycles. The van der Waals surface area contributed by atoms with Crippen molar-refractivity contribution < 1.29 is 14.4 Å². The Bertz CT molecular complexity index is 1180. The lowest BCUT2D eigenvalue weighted by Gasteiger charge is -2.01. The molecule has 0 bridgehead atoms. The molecule has 0 saturated carbocycles. The highest BCUT2D eigenvalue weighted by atomic mass is 19.1. The van der Waals surface area contributed by atoms with Crippen LogP contribution in [0.25, 0.3) is 28.2 Å². The zero-order valence-corrected chi connectivity index (χ0v) is 15.4. The smallest absolute Gasteiger partial charge is 0.267 e. The Balaban J connectivity index is 1.52. The molecule has 0 unspecified atom stereocenters. The summed E-state index contributed by atoms with van der Waals surface area (Å²) in [7, 11) is 0. The van der Waals surface area contributed by atoms with Gasteiger partial charge in [0.15, 0.2) is 0 Å². The maximum absolute atomic E-state index is 13.1. The number of aromatic amines is 1. The van der Waals surface area contributed by atoms with Crippen molar-refractivity contribution in [3.8, 4) is 11.1 Å². The monoisotopic (exact) mass is 387 g/mol. The number of hydrogen-bond donors (Lipinski definition) is 3. The maximum atomic E-state index is 13.1. The molecule has 0 aliphatic heterocycles. The van der Waals surface area contributed by atoms with Gasteiger partial charge in [-0.05, 0) is 52.6 Å². The highest BCUT2D eigenvalue weighted by Gasteiger charge is 2.06. The first-order valence-corrected chi connectivity index (χ1v) is 9.06. The Morgan fingerprint density at radius 1 is 1.03 bits per heavy atom. The van der Waals surface area contributed by atoms with Crippen LogP contribution in [0.2, 0.25) is 0 Å². The van der Waals surface area contributed by atoms with Gasteiger partial charge in [0.2, 0.25) is 0 Å². The van der Waals surface area contributed by atoms with Crippen LogP contribution >= 0.6 is 0 Å². The zero-order valence-electron chi connectivity index (χ0n) is 15.4. The van der Waals surface area contributed by atoms with E-state index in [4.69, 9.17) is 5.21 Å². The van der Waals surface area contributed by atoms with E-state index >= 15 is 0 Å². The molecule has 4 rings (SSSR count). The highest BCUT2D eigenvalue weighted by molar-refractivity contribution is 5.90. The first kappa shape index (κ1) is 18.6. The Hall–Kier alpha value is -3.77. The number of hydrogen-bond acceptors (Lipinski definition) is 3. The normalized spacial score (nSPS) is 11.2. The van der Waals surface area contributed by atoms with Crippen LogP contribution in [-0.2, 0) is 11.2 Å². The number of fused-ring (bicyclic) bond motifs is 1. The minimum atomic E-state index is -0.573. The summed E-state index contributed by atoms with van der Waals surface area (Å²) in [5, 5.41) is 8.50. The van der Waals surface area contributed by atoms with Crippen LogP contribution in [-0.4, -0.2) is 21.1 Å². The summed E-state index contributed by atoms with van der Waals surface area (Å²) in [6, 6.07) is 20.1. The number of nitrogens with zero attached hydrogens (tertiary/aromatic N) is 1. The van der Waals surface area contributed by atoms with Crippen molar-refractivity contribution in [1.82, 2.24) is 15.4 Å². The molecule has 144 valence electrons. The molecule has 0 saturated heterocycles. The molecule has 0 aliphatic rings. The second-order valence-electron chi connectivity index (χ2n) is 6.65. The predicted octanol–water partition coefficient (Wildman–Crippen LogP) is 4.48. The van der Waals surface area contributed by atoms with E-state index in [1.165, 1.54) is 18.2 Å². The van der Waals surface area contributed by atoms with Crippen molar-refractivity contribution in [2.75, 3.05) is 0 Å². The molecule has 3 aromatic carbocycles. The van der Waals surface area contributed by atoms with Crippen molar-refractivity contribution in [3.05, 3.63) is 95.6 Å². The zero-order chi connectivity index (χ0) is 20.2. The fraction of sp³-hybridized carbons (Fsp3) is 0.0435. The molecule has 1 aromatic heterocycles. The third-order valence-electron chi connectivity index (χ3n) is 4.60. The van der Waals surface area contributed by atoms with Gasteiger partial charge >= 0.3 is 0 Å². The molecular formula is C23H18FN3O2. The maximum Gasteiger partial charge on any atom is 0.267 e. The lowest BCUT2D eigenvalue weighted by atomic mass is 10.1. The predicted molar refractivity (Wildman–Crippen MR) is 110 cm³/mol. The summed E-state index contributed by atoms with van der Waals surface area (Å²) in [4.78, 5) is 19.0. The molecule has 0 atom stereocenters. The average Bonchev–Trinajstić information content (AvgIpc) is 3.15. The van der Waals surface area contributed by atoms with Gasteiger partial charge in [-0.15, -0.1) is 0 Å². The SMILES string of the molecule is O=C(/C=C/c1ccc(Cc2nc3cc(-c4ccc(F)cc4)ccc3[nH]2)cc1)NO. The van der Waals surface area contributed by atoms with Gasteiger partial charge in [-0.3, -0.25) is 10.0 Å². The molecular weight excluding hydrogens is 369 g/mol. The van der Waals surface area contributed by atoms with Gasteiger partial charge in [0.25, 0.3) is 5.91 Å². The summed E-state index contributed by atoms with van der Waals surface area (Å²) in [5.74, 6) is 0.0191. The number of carbonyl (C=O) groups excluding carboxylic acids is 1. The Labute approximate surface area is 166 Å². The van der Waals surface area contributed by atoms with E-state index in [0.717, 1.165) is 39.1 Å². The number of aromatic nitrogens is 2. The third kappa shape index (κ3) is 4.39. The minimum Gasteiger partial charge on any atom is -0.342 e. The Kier molecular flexibility index (Phi) is 5.18. The van der Waals surface area contributed by atoms with Crippen LogP contribution in [0.4, 0.5) is 4.39 Å². The van der Waals surface area contributed by atoms with Gasteiger partial charge in [-0.1, -0.05) is 42.5 Å². The minimum absolute atomic E-state index is 0.255. The Morgan fingerprint density at radius 2 is 1.76 bits per heavy atom. The van der Waals surface area contributed by atoms with Gasteiger partial charge in [-0.2, -0.15) is 0 Å². The number of rotatable bonds is 5. The van der Waals surface area contributed by atoms with Crippen molar-refractivity contribution in [3.63, 3.8) is 0 Å². The first-order chi connectivity index (χ1) is 14.1. The number of benzene rings is 3. The standard InChI is InChI=1S/C23H18FN3O2/c24-19-9-6-17(7-10-19)18-8-11-20-21(14-18)26-22(25-20)13-16-3-1-15(2-4-16)5-12-23(28)27-29/h1-12,14,29H,13H2,(H,25,26)(H,27,28)/b12-5+. The van der Waals surface area contributed by atoms with Crippen LogP contribution in [0.5, 0.6) is 0 Å². The summed E-state index contributed by atoms with van der Waals surface area (Å²) in [6.07, 6.45) is 3.52. The van der Waals surface area contributed by atoms with E-state index in [9.17, 15) is 9.18 Å². The van der Waals surface area contributed by atoms with Crippen LogP contribution in [0.1, 0.15) is 17.0 Å². The van der Waals surface area contributed by atoms with E-state index in [2.05, 4.69) is 9.97 Å². The van der Waals surface area contributed by atoms with Crippen LogP contribution in [0.15, 0.2) is 72.8 Å². The van der Waals surface area contributed by atoms with Crippen LogP contribution in [0.3, 0.4) is 0 Å². The molecule has 0 fully saturated rings. The quantitative estimate of drug-likeness (QED) is 0.268. The second-order valence-corrected chi connectivity index (χ2v) is 6.65. The number of hydroxylamine groups is 1. The number of carbonyl (C=O) groups is 1. The molecule has 3 N–H and O–H groups in total. The van der Waals surface area contributed by atoms with Crippen molar-refractivity contribution in [1.29, 1.82) is 0 Å². The molecule has 4 aromatic rings.